The molecule has 0 saturated carbocycles. The summed E-state index contributed by atoms with van der Waals surface area (Å²) in [5, 5.41) is 11.4. The zero-order valence-electron chi connectivity index (χ0n) is 28.5. The van der Waals surface area contributed by atoms with Gasteiger partial charge in [0, 0.05) is 39.0 Å². The van der Waals surface area contributed by atoms with E-state index in [1.54, 1.807) is 36.1 Å². The molecule has 4 N–H and O–H groups in total. The van der Waals surface area contributed by atoms with Crippen molar-refractivity contribution in [2.75, 3.05) is 32.8 Å². The van der Waals surface area contributed by atoms with Crippen molar-refractivity contribution in [3.8, 4) is 5.75 Å². The van der Waals surface area contributed by atoms with E-state index in [0.29, 0.717) is 76.9 Å². The second-order valence-corrected chi connectivity index (χ2v) is 14.0. The van der Waals surface area contributed by atoms with Crippen LogP contribution in [-0.4, -0.2) is 102 Å². The molecule has 5 aliphatic rings. The van der Waals surface area contributed by atoms with Gasteiger partial charge in [-0.1, -0.05) is 42.5 Å². The molecule has 0 aliphatic carbocycles. The molecule has 5 heterocycles. The van der Waals surface area contributed by atoms with Crippen molar-refractivity contribution in [1.82, 2.24) is 31.1 Å². The first-order chi connectivity index (χ1) is 24.1. The Labute approximate surface area is 291 Å². The maximum Gasteiger partial charge on any atom is 0.258 e. The third-order valence-electron chi connectivity index (χ3n) is 10.5. The number of nitrogens with one attached hydrogen (secondary N) is 4. The highest BCUT2D eigenvalue weighted by atomic mass is 16.5. The summed E-state index contributed by atoms with van der Waals surface area (Å²) in [7, 11) is 0. The van der Waals surface area contributed by atoms with E-state index in [-0.39, 0.29) is 36.2 Å². The van der Waals surface area contributed by atoms with Gasteiger partial charge in [0.2, 0.25) is 29.5 Å². The summed E-state index contributed by atoms with van der Waals surface area (Å²) in [5.41, 5.74) is 1.64. The molecule has 0 aromatic heterocycles. The quantitative estimate of drug-likeness (QED) is 0.370. The Morgan fingerprint density at radius 1 is 0.880 bits per heavy atom. The molecule has 5 aliphatic heterocycles. The van der Waals surface area contributed by atoms with Gasteiger partial charge >= 0.3 is 0 Å². The topological polar surface area (TPSA) is 166 Å². The zero-order chi connectivity index (χ0) is 35.3. The molecule has 7 rings (SSSR count). The zero-order valence-corrected chi connectivity index (χ0v) is 28.5. The van der Waals surface area contributed by atoms with E-state index < -0.39 is 41.9 Å². The van der Waals surface area contributed by atoms with Crippen LogP contribution in [0, 0.1) is 5.41 Å². The molecule has 0 radical (unpaired) electrons. The number of fused-ring (bicyclic) bond motifs is 13. The highest BCUT2D eigenvalue weighted by Crippen LogP contribution is 2.37. The predicted octanol–water partition coefficient (Wildman–Crippen LogP) is 0.848. The first-order valence-corrected chi connectivity index (χ1v) is 17.6. The van der Waals surface area contributed by atoms with Crippen LogP contribution in [-0.2, 0) is 41.6 Å². The van der Waals surface area contributed by atoms with Gasteiger partial charge in [0.15, 0.2) is 6.61 Å². The van der Waals surface area contributed by atoms with Crippen molar-refractivity contribution in [3.63, 3.8) is 0 Å². The van der Waals surface area contributed by atoms with Crippen LogP contribution in [0.5, 0.6) is 5.75 Å². The minimum Gasteiger partial charge on any atom is -0.484 e. The summed E-state index contributed by atoms with van der Waals surface area (Å²) in [4.78, 5) is 83.3. The molecule has 266 valence electrons. The van der Waals surface area contributed by atoms with Crippen molar-refractivity contribution in [2.24, 2.45) is 5.41 Å². The van der Waals surface area contributed by atoms with Gasteiger partial charge in [0.25, 0.3) is 5.91 Å². The highest BCUT2D eigenvalue weighted by molar-refractivity contribution is 5.96. The van der Waals surface area contributed by atoms with Crippen LogP contribution >= 0.6 is 0 Å². The van der Waals surface area contributed by atoms with Crippen molar-refractivity contribution >= 4 is 35.4 Å². The van der Waals surface area contributed by atoms with Gasteiger partial charge in [-0.3, -0.25) is 28.8 Å². The second kappa shape index (κ2) is 15.3. The van der Waals surface area contributed by atoms with Crippen LogP contribution in [0.15, 0.2) is 54.6 Å². The van der Waals surface area contributed by atoms with E-state index in [1.807, 2.05) is 30.3 Å². The Kier molecular flexibility index (Phi) is 10.7. The highest BCUT2D eigenvalue weighted by Gasteiger charge is 2.43. The Bertz CT molecular complexity index is 1590. The number of piperidine rings is 1. The van der Waals surface area contributed by atoms with Gasteiger partial charge in [0.05, 0.1) is 0 Å². The Morgan fingerprint density at radius 3 is 2.32 bits per heavy atom. The molecule has 1 spiro atoms. The van der Waals surface area contributed by atoms with Crippen LogP contribution in [0.3, 0.4) is 0 Å². The number of amides is 6. The minimum absolute atomic E-state index is 0.0357. The fraction of sp³-hybridized carbons (Fsp3) is 0.514. The van der Waals surface area contributed by atoms with Crippen molar-refractivity contribution in [2.45, 2.75) is 82.5 Å². The van der Waals surface area contributed by atoms with E-state index in [0.717, 1.165) is 11.1 Å². The number of carbonyl (C=O) groups is 6. The van der Waals surface area contributed by atoms with E-state index in [1.165, 1.54) is 4.90 Å². The standard InChI is InChI=1S/C37H46N6O7/c1-24-33(46)41-29(35(48)42-18-15-37(16-19-42)21-31(44)38-23-37)20-26-9-12-27(13-10-26)50-22-32(45)40-28(14-11-25-6-3-2-4-7-25)36(49)43-17-5-8-30(43)34(47)39-24/h2-4,6-7,9-10,12-13,24,28-30H,5,8,11,14-23H2,1H3,(H,38,44)(H,39,47)(H,40,45)(H,41,46)/t24-,28-,29-,30-/m0/s1. The lowest BCUT2D eigenvalue weighted by molar-refractivity contribution is -0.142. The molecule has 2 aromatic rings. The van der Waals surface area contributed by atoms with Gasteiger partial charge in [0.1, 0.15) is 29.9 Å². The fourth-order valence-electron chi connectivity index (χ4n) is 7.46. The van der Waals surface area contributed by atoms with Gasteiger partial charge in [-0.15, -0.1) is 0 Å². The van der Waals surface area contributed by atoms with Crippen LogP contribution in [0.4, 0.5) is 0 Å². The lowest BCUT2D eigenvalue weighted by atomic mass is 9.77. The molecule has 2 aromatic carbocycles. The number of nitrogens with zero attached hydrogens (tertiary/aromatic N) is 2. The number of carbonyl (C=O) groups excluding carboxylic acids is 6. The normalized spacial score (nSPS) is 26.1. The average Bonchev–Trinajstić information content (AvgIpc) is 3.76. The number of hydrogen-bond acceptors (Lipinski definition) is 7. The SMILES string of the molecule is C[C@@H]1NC(=O)[C@@H]2CCCN2C(=O)[C@H](CCc2ccccc2)NC(=O)COc2ccc(cc2)C[C@@H](C(=O)N2CCC3(CC2)CNC(=O)C3)NC1=O. The molecule has 4 atom stereocenters. The molecule has 13 nitrogen and oxygen atoms in total. The van der Waals surface area contributed by atoms with Gasteiger partial charge < -0.3 is 35.8 Å². The maximum absolute atomic E-state index is 13.9. The lowest BCUT2D eigenvalue weighted by Gasteiger charge is -2.39. The molecule has 3 saturated heterocycles. The third-order valence-corrected chi connectivity index (χ3v) is 10.5. The molecular formula is C37H46N6O7. The molecule has 2 bridgehead atoms. The summed E-state index contributed by atoms with van der Waals surface area (Å²) in [5.74, 6) is -1.57. The van der Waals surface area contributed by atoms with Crippen LogP contribution in [0.25, 0.3) is 0 Å². The molecule has 50 heavy (non-hydrogen) atoms. The molecule has 3 fully saturated rings. The van der Waals surface area contributed by atoms with Crippen LogP contribution < -0.4 is 26.0 Å². The Morgan fingerprint density at radius 2 is 1.62 bits per heavy atom. The minimum atomic E-state index is -0.984. The number of hydrogen-bond donors (Lipinski definition) is 4. The van der Waals surface area contributed by atoms with Crippen LogP contribution in [0.2, 0.25) is 0 Å². The number of rotatable bonds is 4. The first-order valence-electron chi connectivity index (χ1n) is 17.6. The van der Waals surface area contributed by atoms with Crippen molar-refractivity contribution in [3.05, 3.63) is 65.7 Å². The number of benzene rings is 2. The smallest absolute Gasteiger partial charge is 0.258 e. The fourth-order valence-corrected chi connectivity index (χ4v) is 7.46. The molecule has 6 amide bonds. The van der Waals surface area contributed by atoms with Gasteiger partial charge in [-0.25, -0.2) is 0 Å². The lowest BCUT2D eigenvalue weighted by Crippen LogP contribution is -2.58. The summed E-state index contributed by atoms with van der Waals surface area (Å²) < 4.78 is 5.77. The van der Waals surface area contributed by atoms with Crippen molar-refractivity contribution < 1.29 is 33.5 Å². The number of aryl methyl sites for hydroxylation is 1. The molecule has 0 unspecified atom stereocenters. The van der Waals surface area contributed by atoms with Crippen LogP contribution in [0.1, 0.15) is 56.6 Å². The number of ether oxygens (including phenoxy) is 1. The Hall–Kier alpha value is -4.94. The monoisotopic (exact) mass is 686 g/mol. The van der Waals surface area contributed by atoms with Gasteiger partial charge in [-0.05, 0) is 74.1 Å². The second-order valence-electron chi connectivity index (χ2n) is 14.0. The van der Waals surface area contributed by atoms with E-state index in [2.05, 4.69) is 21.3 Å². The van der Waals surface area contributed by atoms with Crippen molar-refractivity contribution in [1.29, 1.82) is 0 Å². The molecular weight excluding hydrogens is 640 g/mol. The number of likely N-dealkylation sites (tertiary alicyclic amines) is 1. The van der Waals surface area contributed by atoms with E-state index >= 15 is 0 Å². The third kappa shape index (κ3) is 8.26. The maximum atomic E-state index is 13.9. The van der Waals surface area contributed by atoms with E-state index in [9.17, 15) is 28.8 Å². The predicted molar refractivity (Wildman–Crippen MR) is 182 cm³/mol. The summed E-state index contributed by atoms with van der Waals surface area (Å²) in [6.07, 6.45) is 3.91. The Balaban J connectivity index is 1.20. The molecule has 13 heteroatoms. The summed E-state index contributed by atoms with van der Waals surface area (Å²) >= 11 is 0. The largest absolute Gasteiger partial charge is 0.484 e. The van der Waals surface area contributed by atoms with E-state index in [4.69, 9.17) is 4.74 Å². The van der Waals surface area contributed by atoms with Gasteiger partial charge in [-0.2, -0.15) is 0 Å². The summed E-state index contributed by atoms with van der Waals surface area (Å²) in [6, 6.07) is 13.0. The summed E-state index contributed by atoms with van der Waals surface area (Å²) in [6.45, 7) is 3.14. The average molecular weight is 687 g/mol. The first kappa shape index (κ1) is 34.9.